The molecule has 42 heavy (non-hydrogen) atoms. The number of phenols is 3. The predicted octanol–water partition coefficient (Wildman–Crippen LogP) is 3.98. The fraction of sp³-hybridized carbons (Fsp3) is 0.219. The average Bonchev–Trinajstić information content (AvgIpc) is 3.00. The van der Waals surface area contributed by atoms with Crippen LogP contribution < -0.4 is 10.9 Å². The second kappa shape index (κ2) is 10.7. The van der Waals surface area contributed by atoms with Crippen molar-refractivity contribution in [3.63, 3.8) is 0 Å². The molecule has 214 valence electrons. The van der Waals surface area contributed by atoms with Crippen molar-refractivity contribution in [1.82, 2.24) is 9.80 Å². The van der Waals surface area contributed by atoms with E-state index in [1.165, 1.54) is 12.3 Å². The minimum atomic E-state index is -1.21. The Hall–Kier alpha value is -5.09. The Kier molecular flexibility index (Phi) is 6.91. The lowest BCUT2D eigenvalue weighted by Gasteiger charge is -2.33. The topological polar surface area (TPSA) is 145 Å². The molecule has 1 aliphatic heterocycles. The van der Waals surface area contributed by atoms with Gasteiger partial charge in [0.2, 0.25) is 11.7 Å². The predicted molar refractivity (Wildman–Crippen MR) is 156 cm³/mol. The number of aromatic hydroxyl groups is 3. The van der Waals surface area contributed by atoms with Crippen LogP contribution >= 0.6 is 0 Å². The lowest BCUT2D eigenvalue weighted by molar-refractivity contribution is -0.133. The summed E-state index contributed by atoms with van der Waals surface area (Å²) in [6, 6.07) is 16.5. The summed E-state index contributed by atoms with van der Waals surface area (Å²) in [7, 11) is 1.96. The number of hydrogen-bond donors (Lipinski definition) is 3. The zero-order valence-electron chi connectivity index (χ0n) is 22.7. The first kappa shape index (κ1) is 27.1. The molecule has 0 radical (unpaired) electrons. The Morgan fingerprint density at radius 1 is 0.905 bits per heavy atom. The van der Waals surface area contributed by atoms with E-state index in [0.29, 0.717) is 37.3 Å². The number of piperazine rings is 1. The molecule has 0 aliphatic carbocycles. The van der Waals surface area contributed by atoms with Gasteiger partial charge in [0.05, 0.1) is 11.6 Å². The van der Waals surface area contributed by atoms with E-state index < -0.39 is 34.0 Å². The highest BCUT2D eigenvalue weighted by Crippen LogP contribution is 2.49. The first-order valence-corrected chi connectivity index (χ1v) is 13.5. The fourth-order valence-electron chi connectivity index (χ4n) is 5.50. The minimum absolute atomic E-state index is 0.0191. The van der Waals surface area contributed by atoms with Crippen molar-refractivity contribution < 1.29 is 28.9 Å². The number of rotatable bonds is 5. The molecule has 1 fully saturated rings. The van der Waals surface area contributed by atoms with Gasteiger partial charge in [0.15, 0.2) is 22.4 Å². The summed E-state index contributed by atoms with van der Waals surface area (Å²) in [5.74, 6) is -4.01. The normalized spacial score (nSPS) is 14.8. The van der Waals surface area contributed by atoms with E-state index in [9.17, 15) is 29.7 Å². The van der Waals surface area contributed by atoms with Crippen molar-refractivity contribution in [2.75, 3.05) is 33.2 Å². The van der Waals surface area contributed by atoms with Crippen LogP contribution in [0.3, 0.4) is 0 Å². The van der Waals surface area contributed by atoms with Crippen LogP contribution in [-0.2, 0) is 4.79 Å². The van der Waals surface area contributed by atoms with Crippen LogP contribution in [0, 0.1) is 0 Å². The van der Waals surface area contributed by atoms with Crippen molar-refractivity contribution in [3.05, 3.63) is 98.5 Å². The quantitative estimate of drug-likeness (QED) is 0.268. The standard InChI is InChI=1S/C32H28N2O8/c1-33-11-13-34(14-12-33)25(36)15-20(21-17-41-23-10-6-5-9-19(23)28(21)37)26-29(38)31(40)30(39)27-22(35)16-24(42-32(26)27)18-7-3-2-4-8-18/h2-10,16-17,20,38-40H,11-15H2,1H3/t20-/m1/s1. The molecule has 6 rings (SSSR count). The molecule has 10 heteroatoms. The summed E-state index contributed by atoms with van der Waals surface area (Å²) in [5.41, 5.74) is -0.669. The number of fused-ring (bicyclic) bond motifs is 2. The van der Waals surface area contributed by atoms with Gasteiger partial charge in [-0.1, -0.05) is 42.5 Å². The molecular formula is C32H28N2O8. The summed E-state index contributed by atoms with van der Waals surface area (Å²) in [6.45, 7) is 2.26. The van der Waals surface area contributed by atoms with Gasteiger partial charge in [-0.25, -0.2) is 0 Å². The van der Waals surface area contributed by atoms with Gasteiger partial charge in [-0.2, -0.15) is 0 Å². The van der Waals surface area contributed by atoms with E-state index in [4.69, 9.17) is 8.83 Å². The molecule has 0 spiro atoms. The molecule has 1 atom stereocenters. The van der Waals surface area contributed by atoms with E-state index in [-0.39, 0.29) is 45.6 Å². The van der Waals surface area contributed by atoms with E-state index >= 15 is 0 Å². The van der Waals surface area contributed by atoms with Crippen LogP contribution in [-0.4, -0.2) is 64.3 Å². The number of hydrogen-bond acceptors (Lipinski definition) is 9. The van der Waals surface area contributed by atoms with Gasteiger partial charge in [0, 0.05) is 61.3 Å². The minimum Gasteiger partial charge on any atom is -0.504 e. The van der Waals surface area contributed by atoms with Gasteiger partial charge in [-0.05, 0) is 19.2 Å². The molecule has 3 aromatic carbocycles. The van der Waals surface area contributed by atoms with Gasteiger partial charge in [0.25, 0.3) is 0 Å². The van der Waals surface area contributed by atoms with Gasteiger partial charge < -0.3 is 34.0 Å². The first-order valence-electron chi connectivity index (χ1n) is 13.5. The smallest absolute Gasteiger partial charge is 0.223 e. The van der Waals surface area contributed by atoms with Gasteiger partial charge >= 0.3 is 0 Å². The summed E-state index contributed by atoms with van der Waals surface area (Å²) in [4.78, 5) is 44.6. The largest absolute Gasteiger partial charge is 0.504 e. The maximum atomic E-state index is 13.8. The number of nitrogens with zero attached hydrogens (tertiary/aromatic N) is 2. The molecule has 2 aromatic heterocycles. The molecule has 1 amide bonds. The van der Waals surface area contributed by atoms with Crippen molar-refractivity contribution in [2.45, 2.75) is 12.3 Å². The molecule has 10 nitrogen and oxygen atoms in total. The Morgan fingerprint density at radius 2 is 1.60 bits per heavy atom. The zero-order valence-corrected chi connectivity index (χ0v) is 22.7. The Bertz CT molecular complexity index is 1940. The van der Waals surface area contributed by atoms with E-state index in [0.717, 1.165) is 0 Å². The summed E-state index contributed by atoms with van der Waals surface area (Å²) >= 11 is 0. The SMILES string of the molecule is CN1CCN(C(=O)C[C@H](c2coc3ccccc3c2=O)c2c(O)c(O)c(O)c3c(=O)cc(-c4ccccc4)oc23)CC1. The van der Waals surface area contributed by atoms with Crippen molar-refractivity contribution in [3.8, 4) is 28.6 Å². The van der Waals surface area contributed by atoms with Crippen LogP contribution in [0.5, 0.6) is 17.2 Å². The molecule has 0 bridgehead atoms. The van der Waals surface area contributed by atoms with Gasteiger partial charge in [-0.15, -0.1) is 0 Å². The Morgan fingerprint density at radius 3 is 2.33 bits per heavy atom. The zero-order chi connectivity index (χ0) is 29.5. The van der Waals surface area contributed by atoms with E-state index in [1.54, 1.807) is 59.5 Å². The Labute approximate surface area is 239 Å². The highest BCUT2D eigenvalue weighted by Gasteiger charge is 2.34. The molecular weight excluding hydrogens is 540 g/mol. The average molecular weight is 569 g/mol. The summed E-state index contributed by atoms with van der Waals surface area (Å²) in [6.07, 6.45) is 0.917. The third kappa shape index (κ3) is 4.65. The number of likely N-dealkylation sites (N-methyl/N-ethyl adjacent to an activating group) is 1. The second-order valence-corrected chi connectivity index (χ2v) is 10.5. The lowest BCUT2D eigenvalue weighted by atomic mass is 9.85. The van der Waals surface area contributed by atoms with Crippen molar-refractivity contribution in [1.29, 1.82) is 0 Å². The monoisotopic (exact) mass is 568 g/mol. The Balaban J connectivity index is 1.62. The third-order valence-electron chi connectivity index (χ3n) is 7.86. The van der Waals surface area contributed by atoms with Crippen molar-refractivity contribution in [2.24, 2.45) is 0 Å². The van der Waals surface area contributed by atoms with Crippen molar-refractivity contribution >= 4 is 27.8 Å². The van der Waals surface area contributed by atoms with Crippen LogP contribution in [0.1, 0.15) is 23.5 Å². The van der Waals surface area contributed by atoms with Gasteiger partial charge in [-0.3, -0.25) is 14.4 Å². The molecule has 5 aromatic rings. The van der Waals surface area contributed by atoms with Crippen LogP contribution in [0.25, 0.3) is 33.3 Å². The van der Waals surface area contributed by atoms with Crippen LogP contribution in [0.4, 0.5) is 0 Å². The highest BCUT2D eigenvalue weighted by atomic mass is 16.4. The number of benzene rings is 3. The lowest BCUT2D eigenvalue weighted by Crippen LogP contribution is -2.47. The molecule has 1 aliphatic rings. The number of carbonyl (C=O) groups excluding carboxylic acids is 1. The summed E-state index contributed by atoms with van der Waals surface area (Å²) < 4.78 is 11.9. The first-order chi connectivity index (χ1) is 20.2. The van der Waals surface area contributed by atoms with Crippen LogP contribution in [0.15, 0.2) is 85.4 Å². The van der Waals surface area contributed by atoms with E-state index in [2.05, 4.69) is 4.90 Å². The maximum absolute atomic E-state index is 13.8. The highest BCUT2D eigenvalue weighted by molar-refractivity contribution is 5.94. The number of para-hydroxylation sites is 1. The van der Waals surface area contributed by atoms with Gasteiger partial charge in [0.1, 0.15) is 22.3 Å². The fourth-order valence-corrected chi connectivity index (χ4v) is 5.50. The van der Waals surface area contributed by atoms with Crippen LogP contribution in [0.2, 0.25) is 0 Å². The molecule has 0 saturated carbocycles. The number of amides is 1. The maximum Gasteiger partial charge on any atom is 0.223 e. The van der Waals surface area contributed by atoms with E-state index in [1.807, 2.05) is 7.05 Å². The molecule has 1 saturated heterocycles. The third-order valence-corrected chi connectivity index (χ3v) is 7.86. The second-order valence-electron chi connectivity index (χ2n) is 10.5. The molecule has 3 N–H and O–H groups in total. The molecule has 0 unspecified atom stereocenters. The summed E-state index contributed by atoms with van der Waals surface area (Å²) in [5, 5.41) is 32.7. The molecule has 3 heterocycles. The number of phenolic OH excluding ortho intramolecular Hbond substituents is 3. The number of carbonyl (C=O) groups is 1.